The summed E-state index contributed by atoms with van der Waals surface area (Å²) in [4.78, 5) is 38.6. The van der Waals surface area contributed by atoms with Gasteiger partial charge in [0.2, 0.25) is 5.78 Å². The van der Waals surface area contributed by atoms with Gasteiger partial charge in [0.25, 0.3) is 13.4 Å². The van der Waals surface area contributed by atoms with Gasteiger partial charge in [-0.25, -0.2) is 9.38 Å². The van der Waals surface area contributed by atoms with Gasteiger partial charge in [0.15, 0.2) is 22.5 Å². The van der Waals surface area contributed by atoms with Crippen molar-refractivity contribution in [2.75, 3.05) is 12.3 Å². The normalized spacial score (nSPS) is 26.8. The van der Waals surface area contributed by atoms with Gasteiger partial charge in [-0.3, -0.25) is 13.9 Å². The van der Waals surface area contributed by atoms with Crippen molar-refractivity contribution in [3.8, 4) is 11.3 Å². The number of nitrogens with zero attached hydrogens (tertiary/aromatic N) is 4. The minimum atomic E-state index is -4.60. The molecule has 0 saturated carbocycles. The van der Waals surface area contributed by atoms with Crippen LogP contribution in [0.3, 0.4) is 0 Å². The van der Waals surface area contributed by atoms with E-state index in [-0.39, 0.29) is 30.1 Å². The van der Waals surface area contributed by atoms with Gasteiger partial charge < -0.3 is 34.5 Å². The molecule has 0 amide bonds. The molecule has 5 aromatic rings. The number of imidazole rings is 2. The number of nitrogen functional groups attached to an aromatic ring is 1. The van der Waals surface area contributed by atoms with Crippen LogP contribution < -0.4 is 16.2 Å². The van der Waals surface area contributed by atoms with Crippen molar-refractivity contribution in [2.24, 2.45) is 0 Å². The molecule has 5 heterocycles. The molecule has 39 heavy (non-hydrogen) atoms. The van der Waals surface area contributed by atoms with Crippen LogP contribution in [-0.2, 0) is 18.3 Å². The third kappa shape index (κ3) is 4.08. The number of nitrogens with one attached hydrogen (secondary N) is 1. The maximum absolute atomic E-state index is 13.6. The third-order valence-corrected chi connectivity index (χ3v) is 8.67. The van der Waals surface area contributed by atoms with E-state index in [1.807, 2.05) is 30.3 Å². The van der Waals surface area contributed by atoms with Crippen LogP contribution in [0.4, 0.5) is 5.69 Å². The zero-order valence-electron chi connectivity index (χ0n) is 20.9. The summed E-state index contributed by atoms with van der Waals surface area (Å²) in [6.45, 7) is -0.322. The summed E-state index contributed by atoms with van der Waals surface area (Å²) < 4.78 is 30.6. The molecule has 0 bridgehead atoms. The number of aliphatic hydroxyl groups is 1. The van der Waals surface area contributed by atoms with E-state index in [1.54, 1.807) is 30.5 Å². The topological polar surface area (TPSA) is 182 Å². The molecule has 15 heteroatoms. The lowest BCUT2D eigenvalue weighted by Gasteiger charge is -2.34. The average Bonchev–Trinajstić information content (AvgIpc) is 3.60. The molecule has 4 N–H and O–H groups in total. The standard InChI is InChI=1S/C24H21N6O7PS/c25-13-8-4-5-9-16(13)39-24-27-17-20(30(24)22-18(31)19-15(36-22)11-35-38(33,34)37-19)28-23-26-14(10-29(23)21(17)32)12-6-2-1-3-7-12/h1-10,15,18-19,22,31H,11,25H2,(H,26,28)(H,33,34)/t15?,18?,19-,22-/m1/s1. The molecule has 13 nitrogen and oxygen atoms in total. The van der Waals surface area contributed by atoms with E-state index in [0.717, 1.165) is 17.3 Å². The number of ether oxygens (including phenoxy) is 1. The van der Waals surface area contributed by atoms with Gasteiger partial charge in [0, 0.05) is 16.8 Å². The number of anilines is 1. The number of fused-ring (bicyclic) bond motifs is 3. The van der Waals surface area contributed by atoms with Crippen molar-refractivity contribution in [3.05, 3.63) is 71.1 Å². The monoisotopic (exact) mass is 568 g/mol. The van der Waals surface area contributed by atoms with Gasteiger partial charge in [0.1, 0.15) is 18.3 Å². The average molecular weight is 569 g/mol. The maximum Gasteiger partial charge on any atom is 1.00 e. The summed E-state index contributed by atoms with van der Waals surface area (Å²) in [7, 11) is -4.60. The Morgan fingerprint density at radius 2 is 1.95 bits per heavy atom. The largest absolute Gasteiger partial charge is 1.00 e. The van der Waals surface area contributed by atoms with Gasteiger partial charge in [-0.05, 0) is 29.5 Å². The number of H-pyrrole nitrogens is 1. The SMILES string of the molecule is Nc1ccccc1Sc1nc2c(=O)n3cc(-c4ccccc4)[nH]c3nc2n1[C@@H]1OC2COP(=O)([O-])O[C@H]2C1O.[H+]. The van der Waals surface area contributed by atoms with Crippen LogP contribution in [0.2, 0.25) is 0 Å². The second kappa shape index (κ2) is 9.03. The van der Waals surface area contributed by atoms with Crippen LogP contribution in [0.5, 0.6) is 0 Å². The number of aromatic amines is 1. The summed E-state index contributed by atoms with van der Waals surface area (Å²) in [5, 5.41) is 11.4. The number of phosphoric ester groups is 1. The van der Waals surface area contributed by atoms with E-state index in [0.29, 0.717) is 16.3 Å². The highest BCUT2D eigenvalue weighted by Gasteiger charge is 2.51. The summed E-state index contributed by atoms with van der Waals surface area (Å²) in [5.74, 6) is 0.247. The minimum absolute atomic E-state index is 0. The van der Waals surface area contributed by atoms with Crippen molar-refractivity contribution >= 4 is 42.2 Å². The zero-order chi connectivity index (χ0) is 26.9. The fourth-order valence-electron chi connectivity index (χ4n) is 4.79. The number of rotatable bonds is 4. The molecule has 2 aromatic carbocycles. The molecule has 2 saturated heterocycles. The molecule has 200 valence electrons. The highest BCUT2D eigenvalue weighted by atomic mass is 32.2. The van der Waals surface area contributed by atoms with E-state index in [4.69, 9.17) is 19.5 Å². The predicted molar refractivity (Wildman–Crippen MR) is 139 cm³/mol. The van der Waals surface area contributed by atoms with E-state index in [9.17, 15) is 19.4 Å². The smallest absolute Gasteiger partial charge is 0.756 e. The Bertz CT molecular complexity index is 1850. The second-order valence-electron chi connectivity index (χ2n) is 9.09. The van der Waals surface area contributed by atoms with E-state index in [1.165, 1.54) is 8.97 Å². The Kier molecular flexibility index (Phi) is 5.68. The van der Waals surface area contributed by atoms with Gasteiger partial charge in [-0.15, -0.1) is 0 Å². The van der Waals surface area contributed by atoms with Gasteiger partial charge in [-0.2, -0.15) is 4.98 Å². The first-order valence-electron chi connectivity index (χ1n) is 11.9. The minimum Gasteiger partial charge on any atom is -0.756 e. The first-order chi connectivity index (χ1) is 18.8. The molecule has 2 aliphatic rings. The predicted octanol–water partition coefficient (Wildman–Crippen LogP) is 2.03. The Labute approximate surface area is 225 Å². The van der Waals surface area contributed by atoms with Crippen molar-refractivity contribution in [2.45, 2.75) is 34.6 Å². The lowest BCUT2D eigenvalue weighted by Crippen LogP contribution is -2.41. The lowest BCUT2D eigenvalue weighted by molar-refractivity contribution is -0.245. The summed E-state index contributed by atoms with van der Waals surface area (Å²) in [6.07, 6.45) is -3.05. The highest BCUT2D eigenvalue weighted by molar-refractivity contribution is 7.99. The van der Waals surface area contributed by atoms with E-state index >= 15 is 0 Å². The number of nitrogens with two attached hydrogens (primary N) is 1. The lowest BCUT2D eigenvalue weighted by atomic mass is 10.1. The molecule has 5 atom stereocenters. The first kappa shape index (κ1) is 24.5. The molecule has 0 spiro atoms. The molecule has 2 aliphatic heterocycles. The van der Waals surface area contributed by atoms with Crippen molar-refractivity contribution in [3.63, 3.8) is 0 Å². The van der Waals surface area contributed by atoms with Crippen LogP contribution >= 0.6 is 19.6 Å². The Balaban J connectivity index is 0.00000289. The van der Waals surface area contributed by atoms with Crippen LogP contribution in [0.15, 0.2) is 75.6 Å². The molecular weight excluding hydrogens is 547 g/mol. The Morgan fingerprint density at radius 1 is 1.18 bits per heavy atom. The van der Waals surface area contributed by atoms with Crippen molar-refractivity contribution in [1.82, 2.24) is 23.9 Å². The highest BCUT2D eigenvalue weighted by Crippen LogP contribution is 2.50. The van der Waals surface area contributed by atoms with Gasteiger partial charge in [-0.1, -0.05) is 42.5 Å². The van der Waals surface area contributed by atoms with Crippen molar-refractivity contribution in [1.29, 1.82) is 0 Å². The summed E-state index contributed by atoms with van der Waals surface area (Å²) in [5.41, 5.74) is 7.89. The second-order valence-corrected chi connectivity index (χ2v) is 11.5. The number of aliphatic hydroxyl groups excluding tert-OH is 1. The molecule has 3 aromatic heterocycles. The molecule has 0 aliphatic carbocycles. The molecular formula is C24H21N6O7PS. The number of aromatic nitrogens is 5. The third-order valence-electron chi connectivity index (χ3n) is 6.64. The zero-order valence-corrected chi connectivity index (χ0v) is 21.6. The van der Waals surface area contributed by atoms with Crippen LogP contribution in [0.1, 0.15) is 7.65 Å². The molecule has 7 rings (SSSR count). The molecule has 3 unspecified atom stereocenters. The van der Waals surface area contributed by atoms with Gasteiger partial charge in [0.05, 0.1) is 12.3 Å². The van der Waals surface area contributed by atoms with Gasteiger partial charge >= 0.3 is 1.43 Å². The quantitative estimate of drug-likeness (QED) is 0.213. The van der Waals surface area contributed by atoms with E-state index < -0.39 is 37.9 Å². The number of phosphoric acid groups is 1. The van der Waals surface area contributed by atoms with Crippen LogP contribution in [0.25, 0.3) is 28.2 Å². The number of hydrogen-bond donors (Lipinski definition) is 3. The summed E-state index contributed by atoms with van der Waals surface area (Å²) in [6, 6.07) is 16.6. The van der Waals surface area contributed by atoms with E-state index in [2.05, 4.69) is 15.0 Å². The Hall–Kier alpha value is -3.49. The fourth-order valence-corrected chi connectivity index (χ4v) is 6.69. The maximum atomic E-state index is 13.6. The van der Waals surface area contributed by atoms with Crippen molar-refractivity contribution < 1.29 is 29.8 Å². The Morgan fingerprint density at radius 3 is 2.74 bits per heavy atom. The van der Waals surface area contributed by atoms with Crippen LogP contribution in [0, 0.1) is 0 Å². The molecule has 0 radical (unpaired) electrons. The first-order valence-corrected chi connectivity index (χ1v) is 14.2. The fraction of sp³-hybridized carbons (Fsp3) is 0.208. The number of hydrogen-bond acceptors (Lipinski definition) is 11. The number of para-hydroxylation sites is 1. The van der Waals surface area contributed by atoms with Crippen LogP contribution in [-0.4, -0.2) is 53.9 Å². The molecule has 2 fully saturated rings. The summed E-state index contributed by atoms with van der Waals surface area (Å²) >= 11 is 1.16. The number of benzene rings is 2.